The van der Waals surface area contributed by atoms with E-state index in [2.05, 4.69) is 94.7 Å². The van der Waals surface area contributed by atoms with E-state index in [1.54, 1.807) is 0 Å². The minimum absolute atomic E-state index is 0.0583. The number of H-pyrrole nitrogens is 1. The van der Waals surface area contributed by atoms with Crippen LogP contribution in [0, 0.1) is 20.8 Å². The van der Waals surface area contributed by atoms with Crippen LogP contribution < -0.4 is 5.56 Å². The average Bonchev–Trinajstić information content (AvgIpc) is 3.35. The third-order valence-corrected chi connectivity index (χ3v) is 7.11. The first-order chi connectivity index (χ1) is 18.4. The fourth-order valence-corrected chi connectivity index (χ4v) is 5.20. The fraction of sp³-hybridized carbons (Fsp3) is 0.290. The molecule has 0 saturated heterocycles. The molecule has 3 aromatic carbocycles. The summed E-state index contributed by atoms with van der Waals surface area (Å²) in [5, 5.41) is 13.9. The summed E-state index contributed by atoms with van der Waals surface area (Å²) in [4.78, 5) is 18.7. The monoisotopic (exact) mass is 506 g/mol. The van der Waals surface area contributed by atoms with E-state index in [0.29, 0.717) is 19.6 Å². The van der Waals surface area contributed by atoms with Crippen LogP contribution in [0.2, 0.25) is 0 Å². The standard InChI is InChI=1S/C31H34N6O/c1-5-28(30-33-34-35-37(30)19-24-9-7-6-8-10-24)36(18-25-13-11-21(2)12-14-25)20-27-17-26-16-22(3)15-23(4)29(26)32-31(27)38/h6-17,28H,5,18-20H2,1-4H3,(H,32,38)/t28-/m0/s1. The van der Waals surface area contributed by atoms with E-state index >= 15 is 0 Å². The Hall–Kier alpha value is -4.10. The molecule has 5 rings (SSSR count). The van der Waals surface area contributed by atoms with Gasteiger partial charge in [0.1, 0.15) is 0 Å². The van der Waals surface area contributed by atoms with Crippen LogP contribution in [0.1, 0.15) is 58.6 Å². The largest absolute Gasteiger partial charge is 0.321 e. The van der Waals surface area contributed by atoms with Crippen molar-refractivity contribution < 1.29 is 0 Å². The molecule has 0 fully saturated rings. The average molecular weight is 507 g/mol. The van der Waals surface area contributed by atoms with Crippen molar-refractivity contribution in [2.75, 3.05) is 0 Å². The predicted molar refractivity (Wildman–Crippen MR) is 151 cm³/mol. The van der Waals surface area contributed by atoms with Crippen molar-refractivity contribution >= 4 is 10.9 Å². The predicted octanol–water partition coefficient (Wildman–Crippen LogP) is 5.64. The summed E-state index contributed by atoms with van der Waals surface area (Å²) in [5.74, 6) is 0.798. The lowest BCUT2D eigenvalue weighted by molar-refractivity contribution is 0.161. The molecular formula is C31H34N6O. The van der Waals surface area contributed by atoms with Crippen LogP contribution in [0.25, 0.3) is 10.9 Å². The van der Waals surface area contributed by atoms with Crippen LogP contribution in [-0.2, 0) is 19.6 Å². The second kappa shape index (κ2) is 11.1. The summed E-state index contributed by atoms with van der Waals surface area (Å²) < 4.78 is 1.88. The molecule has 194 valence electrons. The normalized spacial score (nSPS) is 12.3. The van der Waals surface area contributed by atoms with Gasteiger partial charge in [0.2, 0.25) is 0 Å². The Balaban J connectivity index is 1.54. The van der Waals surface area contributed by atoms with E-state index in [9.17, 15) is 4.79 Å². The Morgan fingerprint density at radius 1 is 0.895 bits per heavy atom. The number of fused-ring (bicyclic) bond motifs is 1. The van der Waals surface area contributed by atoms with Crippen molar-refractivity contribution in [1.29, 1.82) is 0 Å². The maximum absolute atomic E-state index is 13.3. The van der Waals surface area contributed by atoms with Gasteiger partial charge in [-0.05, 0) is 71.8 Å². The lowest BCUT2D eigenvalue weighted by Gasteiger charge is -2.30. The number of nitrogens with zero attached hydrogens (tertiary/aromatic N) is 5. The van der Waals surface area contributed by atoms with Gasteiger partial charge in [-0.15, -0.1) is 5.10 Å². The Kier molecular flexibility index (Phi) is 7.47. The van der Waals surface area contributed by atoms with E-state index in [1.165, 1.54) is 16.7 Å². The number of rotatable bonds is 9. The molecule has 38 heavy (non-hydrogen) atoms. The Bertz CT molecular complexity index is 1590. The summed E-state index contributed by atoms with van der Waals surface area (Å²) in [6, 6.07) is 25.0. The van der Waals surface area contributed by atoms with Gasteiger partial charge in [0.05, 0.1) is 18.1 Å². The third-order valence-electron chi connectivity index (χ3n) is 7.11. The minimum Gasteiger partial charge on any atom is -0.321 e. The van der Waals surface area contributed by atoms with E-state index in [0.717, 1.165) is 39.8 Å². The third kappa shape index (κ3) is 5.58. The van der Waals surface area contributed by atoms with Crippen molar-refractivity contribution in [3.63, 3.8) is 0 Å². The van der Waals surface area contributed by atoms with Crippen LogP contribution >= 0.6 is 0 Å². The SMILES string of the molecule is CC[C@@H](c1nnnn1Cc1ccccc1)N(Cc1ccc(C)cc1)Cc1cc2cc(C)cc(C)c2[nH]c1=O. The molecule has 0 aliphatic heterocycles. The molecule has 0 aliphatic rings. The zero-order chi connectivity index (χ0) is 26.6. The van der Waals surface area contributed by atoms with Crippen molar-refractivity contribution in [2.45, 2.75) is 59.8 Å². The molecule has 1 N–H and O–H groups in total. The van der Waals surface area contributed by atoms with E-state index in [4.69, 9.17) is 0 Å². The summed E-state index contributed by atoms with van der Waals surface area (Å²) in [6.45, 7) is 10.1. The van der Waals surface area contributed by atoms with E-state index < -0.39 is 0 Å². The summed E-state index contributed by atoms with van der Waals surface area (Å²) in [5.41, 5.74) is 7.36. The zero-order valence-electron chi connectivity index (χ0n) is 22.5. The van der Waals surface area contributed by atoms with Crippen molar-refractivity contribution in [3.8, 4) is 0 Å². The van der Waals surface area contributed by atoms with Crippen LogP contribution in [0.5, 0.6) is 0 Å². The number of aromatic amines is 1. The Morgan fingerprint density at radius 2 is 1.66 bits per heavy atom. The quantitative estimate of drug-likeness (QED) is 0.280. The molecule has 5 aromatic rings. The highest BCUT2D eigenvalue weighted by atomic mass is 16.1. The summed E-state index contributed by atoms with van der Waals surface area (Å²) in [6.07, 6.45) is 0.796. The lowest BCUT2D eigenvalue weighted by atomic mass is 10.0. The highest BCUT2D eigenvalue weighted by Gasteiger charge is 2.26. The highest BCUT2D eigenvalue weighted by molar-refractivity contribution is 5.82. The molecule has 1 atom stereocenters. The zero-order valence-corrected chi connectivity index (χ0v) is 22.5. The molecule has 2 heterocycles. The molecule has 2 aromatic heterocycles. The number of hydrogen-bond acceptors (Lipinski definition) is 5. The van der Waals surface area contributed by atoms with Gasteiger partial charge in [-0.3, -0.25) is 9.69 Å². The first-order valence-electron chi connectivity index (χ1n) is 13.1. The molecule has 0 aliphatic carbocycles. The van der Waals surface area contributed by atoms with Crippen molar-refractivity contribution in [1.82, 2.24) is 30.1 Å². The van der Waals surface area contributed by atoms with Crippen LogP contribution in [0.4, 0.5) is 0 Å². The molecule has 0 bridgehead atoms. The van der Waals surface area contributed by atoms with Crippen LogP contribution in [-0.4, -0.2) is 30.1 Å². The van der Waals surface area contributed by atoms with E-state index in [1.807, 2.05) is 35.9 Å². The first-order valence-corrected chi connectivity index (χ1v) is 13.1. The number of hydrogen-bond donors (Lipinski definition) is 1. The van der Waals surface area contributed by atoms with Crippen molar-refractivity contribution in [2.24, 2.45) is 0 Å². The Morgan fingerprint density at radius 3 is 2.39 bits per heavy atom. The van der Waals surface area contributed by atoms with Gasteiger partial charge in [-0.25, -0.2) is 4.68 Å². The number of pyridine rings is 1. The van der Waals surface area contributed by atoms with Gasteiger partial charge < -0.3 is 4.98 Å². The number of aryl methyl sites for hydroxylation is 3. The van der Waals surface area contributed by atoms with Gasteiger partial charge >= 0.3 is 0 Å². The fourth-order valence-electron chi connectivity index (χ4n) is 5.20. The lowest BCUT2D eigenvalue weighted by Crippen LogP contribution is -2.32. The van der Waals surface area contributed by atoms with Gasteiger partial charge in [-0.2, -0.15) is 0 Å². The van der Waals surface area contributed by atoms with Gasteiger partial charge in [-0.1, -0.05) is 78.7 Å². The second-order valence-electron chi connectivity index (χ2n) is 10.2. The first kappa shape index (κ1) is 25.5. The van der Waals surface area contributed by atoms with Crippen LogP contribution in [0.3, 0.4) is 0 Å². The van der Waals surface area contributed by atoms with Gasteiger partial charge in [0, 0.05) is 18.7 Å². The van der Waals surface area contributed by atoms with Gasteiger partial charge in [0.15, 0.2) is 5.82 Å². The molecule has 0 spiro atoms. The smallest absolute Gasteiger partial charge is 0.252 e. The number of nitrogens with one attached hydrogen (secondary N) is 1. The minimum atomic E-state index is -0.0793. The van der Waals surface area contributed by atoms with E-state index in [-0.39, 0.29) is 11.6 Å². The Labute approximate surface area is 223 Å². The summed E-state index contributed by atoms with van der Waals surface area (Å²) >= 11 is 0. The number of tetrazole rings is 1. The molecular weight excluding hydrogens is 472 g/mol. The summed E-state index contributed by atoms with van der Waals surface area (Å²) in [7, 11) is 0. The maximum Gasteiger partial charge on any atom is 0.252 e. The maximum atomic E-state index is 13.3. The molecule has 7 heteroatoms. The second-order valence-corrected chi connectivity index (χ2v) is 10.2. The molecule has 0 radical (unpaired) electrons. The van der Waals surface area contributed by atoms with Gasteiger partial charge in [0.25, 0.3) is 5.56 Å². The topological polar surface area (TPSA) is 79.7 Å². The molecule has 0 amide bonds. The molecule has 0 unspecified atom stereocenters. The molecule has 7 nitrogen and oxygen atoms in total. The molecule has 0 saturated carbocycles. The highest BCUT2D eigenvalue weighted by Crippen LogP contribution is 2.27. The van der Waals surface area contributed by atoms with Crippen molar-refractivity contribution in [3.05, 3.63) is 122 Å². The number of benzene rings is 3. The van der Waals surface area contributed by atoms with Crippen LogP contribution in [0.15, 0.2) is 77.6 Å². The number of aromatic nitrogens is 5.